The van der Waals surface area contributed by atoms with Gasteiger partial charge in [0.15, 0.2) is 0 Å². The van der Waals surface area contributed by atoms with E-state index in [1.54, 1.807) is 11.3 Å². The molecule has 0 bridgehead atoms. The Labute approximate surface area is 134 Å². The number of piperazine rings is 1. The maximum atomic E-state index is 6.21. The summed E-state index contributed by atoms with van der Waals surface area (Å²) in [7, 11) is 0. The van der Waals surface area contributed by atoms with E-state index in [4.69, 9.17) is 11.6 Å². The first-order valence-electron chi connectivity index (χ1n) is 6.41. The molecule has 1 aliphatic rings. The summed E-state index contributed by atoms with van der Waals surface area (Å²) in [6, 6.07) is 6.50. The minimum atomic E-state index is 0. The maximum Gasteiger partial charge on any atom is 0.0558 e. The fourth-order valence-corrected chi connectivity index (χ4v) is 3.58. The number of nitrogens with zero attached hydrogens (tertiary/aromatic N) is 2. The predicted octanol–water partition coefficient (Wildman–Crippen LogP) is 3.36. The lowest BCUT2D eigenvalue weighted by Gasteiger charge is -2.36. The Morgan fingerprint density at radius 1 is 1.45 bits per heavy atom. The quantitative estimate of drug-likeness (QED) is 0.935. The molecule has 3 heterocycles. The van der Waals surface area contributed by atoms with E-state index in [2.05, 4.69) is 26.6 Å². The summed E-state index contributed by atoms with van der Waals surface area (Å²) >= 11 is 7.94. The van der Waals surface area contributed by atoms with Crippen LogP contribution in [0.3, 0.4) is 0 Å². The van der Waals surface area contributed by atoms with Crippen molar-refractivity contribution in [2.75, 3.05) is 19.6 Å². The van der Waals surface area contributed by atoms with Crippen molar-refractivity contribution in [3.8, 4) is 0 Å². The van der Waals surface area contributed by atoms with Crippen LogP contribution >= 0.6 is 35.3 Å². The Bertz CT molecular complexity index is 532. The predicted molar refractivity (Wildman–Crippen MR) is 86.8 cm³/mol. The van der Waals surface area contributed by atoms with Crippen molar-refractivity contribution in [1.29, 1.82) is 0 Å². The van der Waals surface area contributed by atoms with Crippen LogP contribution in [0.1, 0.15) is 16.5 Å². The van der Waals surface area contributed by atoms with E-state index < -0.39 is 0 Å². The second-order valence-electron chi connectivity index (χ2n) is 4.67. The van der Waals surface area contributed by atoms with Crippen LogP contribution in [0.25, 0.3) is 0 Å². The fraction of sp³-hybridized carbons (Fsp3) is 0.357. The van der Waals surface area contributed by atoms with E-state index in [1.807, 2.05) is 24.5 Å². The van der Waals surface area contributed by atoms with E-state index in [0.29, 0.717) is 6.04 Å². The third kappa shape index (κ3) is 3.51. The Kier molecular flexibility index (Phi) is 5.81. The molecule has 0 radical (unpaired) electrons. The van der Waals surface area contributed by atoms with Gasteiger partial charge in [-0.15, -0.1) is 23.7 Å². The molecule has 1 fully saturated rings. The molecule has 1 aliphatic heterocycles. The van der Waals surface area contributed by atoms with Crippen LogP contribution in [0.4, 0.5) is 0 Å². The van der Waals surface area contributed by atoms with Crippen molar-refractivity contribution in [1.82, 2.24) is 15.2 Å². The smallest absolute Gasteiger partial charge is 0.0558 e. The molecule has 20 heavy (non-hydrogen) atoms. The largest absolute Gasteiger partial charge is 0.314 e. The molecule has 2 aromatic rings. The van der Waals surface area contributed by atoms with Crippen LogP contribution in [0.15, 0.2) is 36.0 Å². The molecule has 0 amide bonds. The van der Waals surface area contributed by atoms with Crippen molar-refractivity contribution < 1.29 is 0 Å². The van der Waals surface area contributed by atoms with Crippen molar-refractivity contribution in [2.45, 2.75) is 12.6 Å². The summed E-state index contributed by atoms with van der Waals surface area (Å²) in [5.41, 5.74) is 1.27. The zero-order chi connectivity index (χ0) is 13.1. The van der Waals surface area contributed by atoms with Crippen LogP contribution in [0.5, 0.6) is 0 Å². The molecular weight excluding hydrogens is 313 g/mol. The van der Waals surface area contributed by atoms with Gasteiger partial charge in [0.05, 0.1) is 5.02 Å². The molecule has 0 spiro atoms. The third-order valence-electron chi connectivity index (χ3n) is 3.46. The van der Waals surface area contributed by atoms with Crippen molar-refractivity contribution in [3.63, 3.8) is 0 Å². The van der Waals surface area contributed by atoms with Crippen LogP contribution in [0, 0.1) is 0 Å². The van der Waals surface area contributed by atoms with Crippen LogP contribution in [0.2, 0.25) is 5.02 Å². The molecule has 0 saturated carbocycles. The van der Waals surface area contributed by atoms with E-state index in [-0.39, 0.29) is 12.4 Å². The normalized spacial score (nSPS) is 19.6. The van der Waals surface area contributed by atoms with E-state index in [1.165, 1.54) is 10.4 Å². The van der Waals surface area contributed by atoms with Gasteiger partial charge in [0.25, 0.3) is 0 Å². The molecule has 2 aromatic heterocycles. The summed E-state index contributed by atoms with van der Waals surface area (Å²) < 4.78 is 0. The Hall–Kier alpha value is -0.650. The number of hydrogen-bond acceptors (Lipinski definition) is 4. The summed E-state index contributed by atoms with van der Waals surface area (Å²) in [4.78, 5) is 7.96. The Morgan fingerprint density at radius 3 is 3.05 bits per heavy atom. The Morgan fingerprint density at radius 2 is 2.35 bits per heavy atom. The average molecular weight is 330 g/mol. The standard InChI is InChI=1S/C14H16ClN3S.ClH/c15-12-3-7-19-14(12)10-18-6-5-17-9-13(18)11-2-1-4-16-8-11;/h1-4,7-8,13,17H,5-6,9-10H2;1H. The maximum absolute atomic E-state index is 6.21. The first kappa shape index (κ1) is 15.7. The number of aromatic nitrogens is 1. The second-order valence-corrected chi connectivity index (χ2v) is 6.08. The highest BCUT2D eigenvalue weighted by Gasteiger charge is 2.24. The topological polar surface area (TPSA) is 28.2 Å². The minimum absolute atomic E-state index is 0. The minimum Gasteiger partial charge on any atom is -0.314 e. The number of thiophene rings is 1. The summed E-state index contributed by atoms with van der Waals surface area (Å²) in [5.74, 6) is 0. The van der Waals surface area contributed by atoms with E-state index >= 15 is 0 Å². The molecule has 108 valence electrons. The highest BCUT2D eigenvalue weighted by molar-refractivity contribution is 7.10. The number of halogens is 2. The van der Waals surface area contributed by atoms with E-state index in [0.717, 1.165) is 31.2 Å². The molecule has 1 atom stereocenters. The van der Waals surface area contributed by atoms with Crippen LogP contribution < -0.4 is 5.32 Å². The van der Waals surface area contributed by atoms with Crippen LogP contribution in [-0.2, 0) is 6.54 Å². The van der Waals surface area contributed by atoms with Gasteiger partial charge in [-0.3, -0.25) is 9.88 Å². The van der Waals surface area contributed by atoms with Gasteiger partial charge < -0.3 is 5.32 Å². The summed E-state index contributed by atoms with van der Waals surface area (Å²) in [6.45, 7) is 3.94. The average Bonchev–Trinajstić information content (AvgIpc) is 2.86. The van der Waals surface area contributed by atoms with Gasteiger partial charge in [0.1, 0.15) is 0 Å². The lowest BCUT2D eigenvalue weighted by molar-refractivity contribution is 0.155. The van der Waals surface area contributed by atoms with Gasteiger partial charge in [-0.1, -0.05) is 17.7 Å². The molecule has 1 saturated heterocycles. The molecule has 3 rings (SSSR count). The molecule has 6 heteroatoms. The molecule has 1 unspecified atom stereocenters. The first-order valence-corrected chi connectivity index (χ1v) is 7.67. The van der Waals surface area contributed by atoms with Crippen molar-refractivity contribution in [2.24, 2.45) is 0 Å². The third-order valence-corrected chi connectivity index (χ3v) is 4.83. The van der Waals surface area contributed by atoms with Gasteiger partial charge in [0.2, 0.25) is 0 Å². The lowest BCUT2D eigenvalue weighted by atomic mass is 10.1. The van der Waals surface area contributed by atoms with Gasteiger partial charge in [-0.25, -0.2) is 0 Å². The summed E-state index contributed by atoms with van der Waals surface area (Å²) in [6.07, 6.45) is 3.78. The number of hydrogen-bond donors (Lipinski definition) is 1. The number of rotatable bonds is 3. The van der Waals surface area contributed by atoms with Crippen molar-refractivity contribution >= 4 is 35.3 Å². The van der Waals surface area contributed by atoms with Crippen molar-refractivity contribution in [3.05, 3.63) is 51.4 Å². The molecule has 3 nitrogen and oxygen atoms in total. The zero-order valence-electron chi connectivity index (χ0n) is 11.0. The van der Waals surface area contributed by atoms with E-state index in [9.17, 15) is 0 Å². The fourth-order valence-electron chi connectivity index (χ4n) is 2.46. The molecular formula is C14H17Cl2N3S. The van der Waals surface area contributed by atoms with Crippen LogP contribution in [-0.4, -0.2) is 29.5 Å². The highest BCUT2D eigenvalue weighted by Crippen LogP contribution is 2.28. The molecule has 0 aliphatic carbocycles. The highest BCUT2D eigenvalue weighted by atomic mass is 35.5. The lowest BCUT2D eigenvalue weighted by Crippen LogP contribution is -2.45. The molecule has 1 N–H and O–H groups in total. The first-order chi connectivity index (χ1) is 9.34. The summed E-state index contributed by atoms with van der Waals surface area (Å²) in [5, 5.41) is 6.40. The van der Waals surface area contributed by atoms with Gasteiger partial charge in [-0.2, -0.15) is 0 Å². The van der Waals surface area contributed by atoms with Gasteiger partial charge in [0, 0.05) is 49.5 Å². The zero-order valence-corrected chi connectivity index (χ0v) is 13.3. The van der Waals surface area contributed by atoms with Gasteiger partial charge in [-0.05, 0) is 23.1 Å². The monoisotopic (exact) mass is 329 g/mol. The molecule has 0 aromatic carbocycles. The number of pyridine rings is 1. The SMILES string of the molecule is Cl.Clc1ccsc1CN1CCNCC1c1cccnc1. The Balaban J connectivity index is 0.00000147. The number of nitrogens with one attached hydrogen (secondary N) is 1. The second kappa shape index (κ2) is 7.38. The van der Waals surface area contributed by atoms with Gasteiger partial charge >= 0.3 is 0 Å².